The predicted octanol–water partition coefficient (Wildman–Crippen LogP) is 2.72. The SMILES string of the molecule is C1=CC(N2CCC23CCC3)CCC1. The van der Waals surface area contributed by atoms with Crippen LogP contribution in [0.3, 0.4) is 0 Å². The fraction of sp³-hybridized carbons (Fsp3) is 0.833. The average molecular weight is 177 g/mol. The molecule has 0 aromatic heterocycles. The molecule has 0 aromatic rings. The molecule has 3 rings (SSSR count). The highest BCUT2D eigenvalue weighted by atomic mass is 15.3. The molecule has 1 saturated carbocycles. The molecule has 3 aliphatic rings. The topological polar surface area (TPSA) is 3.24 Å². The molecule has 1 heteroatoms. The van der Waals surface area contributed by atoms with Crippen molar-refractivity contribution in [1.82, 2.24) is 4.90 Å². The molecule has 72 valence electrons. The Bertz CT molecular complexity index is 222. The van der Waals surface area contributed by atoms with Crippen molar-refractivity contribution in [2.24, 2.45) is 0 Å². The Morgan fingerprint density at radius 2 is 2.08 bits per heavy atom. The number of likely N-dealkylation sites (tertiary alicyclic amines) is 1. The summed E-state index contributed by atoms with van der Waals surface area (Å²) in [7, 11) is 0. The van der Waals surface area contributed by atoms with Crippen molar-refractivity contribution in [2.75, 3.05) is 6.54 Å². The molecule has 1 aliphatic heterocycles. The summed E-state index contributed by atoms with van der Waals surface area (Å²) in [6, 6.07) is 0.808. The zero-order valence-corrected chi connectivity index (χ0v) is 8.34. The Morgan fingerprint density at radius 3 is 2.54 bits per heavy atom. The van der Waals surface area contributed by atoms with Crippen LogP contribution in [0.4, 0.5) is 0 Å². The zero-order valence-electron chi connectivity index (χ0n) is 8.34. The summed E-state index contributed by atoms with van der Waals surface area (Å²) < 4.78 is 0. The third-order valence-corrected chi connectivity index (χ3v) is 4.34. The van der Waals surface area contributed by atoms with Crippen LogP contribution < -0.4 is 0 Å². The van der Waals surface area contributed by atoms with Gasteiger partial charge >= 0.3 is 0 Å². The molecule has 1 atom stereocenters. The molecule has 1 unspecified atom stereocenters. The van der Waals surface area contributed by atoms with Crippen molar-refractivity contribution in [3.8, 4) is 0 Å². The third kappa shape index (κ3) is 1.10. The molecule has 13 heavy (non-hydrogen) atoms. The Kier molecular flexibility index (Phi) is 1.76. The third-order valence-electron chi connectivity index (χ3n) is 4.34. The summed E-state index contributed by atoms with van der Waals surface area (Å²) in [5.74, 6) is 0. The van der Waals surface area contributed by atoms with Crippen LogP contribution in [0.1, 0.15) is 44.9 Å². The van der Waals surface area contributed by atoms with Gasteiger partial charge in [-0.1, -0.05) is 12.2 Å². The molecule has 2 aliphatic carbocycles. The first kappa shape index (κ1) is 8.05. The molecule has 0 aromatic carbocycles. The van der Waals surface area contributed by atoms with E-state index in [2.05, 4.69) is 17.1 Å². The molecule has 0 N–H and O–H groups in total. The summed E-state index contributed by atoms with van der Waals surface area (Å²) in [4.78, 5) is 2.78. The van der Waals surface area contributed by atoms with Gasteiger partial charge in [-0.25, -0.2) is 0 Å². The normalized spacial score (nSPS) is 37.1. The fourth-order valence-electron chi connectivity index (χ4n) is 3.25. The summed E-state index contributed by atoms with van der Waals surface area (Å²) >= 11 is 0. The maximum atomic E-state index is 2.78. The smallest absolute Gasteiger partial charge is 0.0283 e. The van der Waals surface area contributed by atoms with E-state index < -0.39 is 0 Å². The number of hydrogen-bond donors (Lipinski definition) is 0. The van der Waals surface area contributed by atoms with E-state index in [0.717, 1.165) is 6.04 Å². The number of rotatable bonds is 1. The van der Waals surface area contributed by atoms with Crippen molar-refractivity contribution in [1.29, 1.82) is 0 Å². The van der Waals surface area contributed by atoms with E-state index in [1.54, 1.807) is 0 Å². The van der Waals surface area contributed by atoms with Gasteiger partial charge in [0.15, 0.2) is 0 Å². The van der Waals surface area contributed by atoms with Gasteiger partial charge in [0.05, 0.1) is 0 Å². The van der Waals surface area contributed by atoms with Gasteiger partial charge in [0, 0.05) is 18.1 Å². The molecule has 1 nitrogen and oxygen atoms in total. The van der Waals surface area contributed by atoms with E-state index in [4.69, 9.17) is 0 Å². The average Bonchev–Trinajstić information content (AvgIpc) is 2.01. The Balaban J connectivity index is 1.71. The lowest BCUT2D eigenvalue weighted by molar-refractivity contribution is -0.0925. The lowest BCUT2D eigenvalue weighted by atomic mass is 9.66. The van der Waals surface area contributed by atoms with Gasteiger partial charge in [0.25, 0.3) is 0 Å². The largest absolute Gasteiger partial charge is 0.291 e. The molecule has 0 radical (unpaired) electrons. The van der Waals surface area contributed by atoms with Crippen molar-refractivity contribution in [3.63, 3.8) is 0 Å². The summed E-state index contributed by atoms with van der Waals surface area (Å²) in [5.41, 5.74) is 0.701. The van der Waals surface area contributed by atoms with Crippen molar-refractivity contribution < 1.29 is 0 Å². The molecule has 0 amide bonds. The Labute approximate surface area is 80.8 Å². The summed E-state index contributed by atoms with van der Waals surface area (Å²) in [6.45, 7) is 1.37. The van der Waals surface area contributed by atoms with E-state index in [0.29, 0.717) is 5.54 Å². The first-order chi connectivity index (χ1) is 6.41. The van der Waals surface area contributed by atoms with Gasteiger partial charge in [0.2, 0.25) is 0 Å². The van der Waals surface area contributed by atoms with Gasteiger partial charge in [-0.2, -0.15) is 0 Å². The van der Waals surface area contributed by atoms with Gasteiger partial charge in [-0.15, -0.1) is 0 Å². The monoisotopic (exact) mass is 177 g/mol. The molecule has 1 heterocycles. The highest BCUT2D eigenvalue weighted by Gasteiger charge is 2.50. The standard InChI is InChI=1S/C12H19N/c1-2-5-11(6-3-1)13-10-9-12(13)7-4-8-12/h2,5,11H,1,3-4,6-10H2. The maximum absolute atomic E-state index is 2.78. The van der Waals surface area contributed by atoms with Crippen LogP contribution in [0.2, 0.25) is 0 Å². The number of nitrogens with zero attached hydrogens (tertiary/aromatic N) is 1. The van der Waals surface area contributed by atoms with Gasteiger partial charge < -0.3 is 0 Å². The minimum Gasteiger partial charge on any atom is -0.291 e. The van der Waals surface area contributed by atoms with Crippen LogP contribution in [0.15, 0.2) is 12.2 Å². The zero-order chi connectivity index (χ0) is 8.73. The molecule has 1 saturated heterocycles. The van der Waals surface area contributed by atoms with Crippen LogP contribution in [-0.2, 0) is 0 Å². The number of allylic oxidation sites excluding steroid dienone is 1. The summed E-state index contributed by atoms with van der Waals surface area (Å²) in [6.07, 6.45) is 14.9. The van der Waals surface area contributed by atoms with E-state index in [-0.39, 0.29) is 0 Å². The fourth-order valence-corrected chi connectivity index (χ4v) is 3.25. The molecular formula is C12H19N. The minimum absolute atomic E-state index is 0.701. The first-order valence-electron chi connectivity index (χ1n) is 5.84. The highest BCUT2D eigenvalue weighted by molar-refractivity contribution is 5.12. The first-order valence-corrected chi connectivity index (χ1v) is 5.84. The maximum Gasteiger partial charge on any atom is 0.0283 e. The van der Waals surface area contributed by atoms with Gasteiger partial charge in [-0.05, 0) is 44.9 Å². The molecule has 1 spiro atoms. The second-order valence-corrected chi connectivity index (χ2v) is 4.95. The lowest BCUT2D eigenvalue weighted by Gasteiger charge is -2.61. The van der Waals surface area contributed by atoms with Gasteiger partial charge in [-0.3, -0.25) is 4.90 Å². The Morgan fingerprint density at radius 1 is 1.15 bits per heavy atom. The van der Waals surface area contributed by atoms with E-state index >= 15 is 0 Å². The van der Waals surface area contributed by atoms with E-state index in [9.17, 15) is 0 Å². The van der Waals surface area contributed by atoms with Crippen LogP contribution >= 0.6 is 0 Å². The molecule has 0 bridgehead atoms. The summed E-state index contributed by atoms with van der Waals surface area (Å²) in [5, 5.41) is 0. The van der Waals surface area contributed by atoms with Crippen LogP contribution in [0, 0.1) is 0 Å². The van der Waals surface area contributed by atoms with Crippen LogP contribution in [0.25, 0.3) is 0 Å². The Hall–Kier alpha value is -0.300. The predicted molar refractivity (Wildman–Crippen MR) is 54.7 cm³/mol. The molecule has 2 fully saturated rings. The van der Waals surface area contributed by atoms with Crippen molar-refractivity contribution >= 4 is 0 Å². The van der Waals surface area contributed by atoms with Crippen molar-refractivity contribution in [3.05, 3.63) is 12.2 Å². The highest BCUT2D eigenvalue weighted by Crippen LogP contribution is 2.49. The van der Waals surface area contributed by atoms with Crippen molar-refractivity contribution in [2.45, 2.75) is 56.5 Å². The quantitative estimate of drug-likeness (QED) is 0.557. The van der Waals surface area contributed by atoms with Gasteiger partial charge in [0.1, 0.15) is 0 Å². The second-order valence-electron chi connectivity index (χ2n) is 4.95. The minimum atomic E-state index is 0.701. The van der Waals surface area contributed by atoms with E-state index in [1.165, 1.54) is 51.5 Å². The lowest BCUT2D eigenvalue weighted by Crippen LogP contribution is -2.66. The number of hydrogen-bond acceptors (Lipinski definition) is 1. The van der Waals surface area contributed by atoms with Crippen LogP contribution in [0.5, 0.6) is 0 Å². The second kappa shape index (κ2) is 2.84. The molecular weight excluding hydrogens is 158 g/mol. The van der Waals surface area contributed by atoms with Crippen LogP contribution in [-0.4, -0.2) is 23.0 Å². The van der Waals surface area contributed by atoms with E-state index in [1.807, 2.05) is 0 Å².